The largest absolute Gasteiger partial charge is 0.493 e. The van der Waals surface area contributed by atoms with Crippen LogP contribution < -0.4 is 25.4 Å². The molecule has 0 bridgehead atoms. The van der Waals surface area contributed by atoms with Gasteiger partial charge in [-0.15, -0.1) is 0 Å². The fraction of sp³-hybridized carbons (Fsp3) is 0.652. The van der Waals surface area contributed by atoms with Crippen molar-refractivity contribution >= 4 is 11.9 Å². The first-order valence-electron chi connectivity index (χ1n) is 11.2. The van der Waals surface area contributed by atoms with Crippen LogP contribution in [0.3, 0.4) is 0 Å². The molecule has 7 heteroatoms. The van der Waals surface area contributed by atoms with Crippen molar-refractivity contribution in [2.45, 2.75) is 51.9 Å². The topological polar surface area (TPSA) is 84.0 Å². The van der Waals surface area contributed by atoms with Gasteiger partial charge in [-0.2, -0.15) is 0 Å². The first-order valence-corrected chi connectivity index (χ1v) is 11.2. The van der Waals surface area contributed by atoms with E-state index in [0.717, 1.165) is 36.0 Å². The standard InChI is InChI=1S/C23H38N4O3/c1-4-24-23(26-13-12-19-10-11-20(29-2)21(16-19)30-3)27-15-14-25-22(28)17-18-8-6-5-7-9-18/h10-11,16,18H,4-9,12-15,17H2,1-3H3,(H,25,28)(H2,24,26,27). The van der Waals surface area contributed by atoms with Crippen LogP contribution in [-0.4, -0.2) is 52.3 Å². The van der Waals surface area contributed by atoms with Gasteiger partial charge in [0.05, 0.1) is 14.2 Å². The predicted molar refractivity (Wildman–Crippen MR) is 121 cm³/mol. The summed E-state index contributed by atoms with van der Waals surface area (Å²) in [4.78, 5) is 16.7. The van der Waals surface area contributed by atoms with Gasteiger partial charge in [0.1, 0.15) is 0 Å². The van der Waals surface area contributed by atoms with Gasteiger partial charge < -0.3 is 25.4 Å². The molecule has 0 radical (unpaired) electrons. The monoisotopic (exact) mass is 418 g/mol. The van der Waals surface area contributed by atoms with Crippen LogP contribution in [-0.2, 0) is 11.2 Å². The van der Waals surface area contributed by atoms with Gasteiger partial charge in [0.15, 0.2) is 17.5 Å². The first kappa shape index (κ1) is 23.8. The second kappa shape index (κ2) is 13.7. The van der Waals surface area contributed by atoms with Crippen LogP contribution in [0.2, 0.25) is 0 Å². The van der Waals surface area contributed by atoms with Gasteiger partial charge in [0.25, 0.3) is 0 Å². The van der Waals surface area contributed by atoms with E-state index in [-0.39, 0.29) is 5.91 Å². The number of nitrogens with one attached hydrogen (secondary N) is 3. The highest BCUT2D eigenvalue weighted by molar-refractivity contribution is 5.80. The quantitative estimate of drug-likeness (QED) is 0.292. The molecule has 3 N–H and O–H groups in total. The number of amides is 1. The van der Waals surface area contributed by atoms with E-state index in [1.165, 1.54) is 32.1 Å². The molecule has 30 heavy (non-hydrogen) atoms. The Morgan fingerprint density at radius 1 is 1.03 bits per heavy atom. The van der Waals surface area contributed by atoms with Crippen molar-refractivity contribution in [3.8, 4) is 11.5 Å². The normalized spacial score (nSPS) is 14.8. The summed E-state index contributed by atoms with van der Waals surface area (Å²) in [5, 5.41) is 9.55. The van der Waals surface area contributed by atoms with Crippen LogP contribution in [0.15, 0.2) is 23.2 Å². The number of hydrogen-bond donors (Lipinski definition) is 3. The van der Waals surface area contributed by atoms with E-state index in [1.807, 2.05) is 25.1 Å². The van der Waals surface area contributed by atoms with Crippen LogP contribution >= 0.6 is 0 Å². The van der Waals surface area contributed by atoms with Crippen LogP contribution in [0.25, 0.3) is 0 Å². The second-order valence-corrected chi connectivity index (χ2v) is 7.68. The van der Waals surface area contributed by atoms with Crippen molar-refractivity contribution in [3.05, 3.63) is 23.8 Å². The maximum Gasteiger partial charge on any atom is 0.220 e. The highest BCUT2D eigenvalue weighted by atomic mass is 16.5. The summed E-state index contributed by atoms with van der Waals surface area (Å²) < 4.78 is 10.6. The zero-order valence-corrected chi connectivity index (χ0v) is 18.8. The first-order chi connectivity index (χ1) is 14.7. The number of rotatable bonds is 11. The third-order valence-electron chi connectivity index (χ3n) is 5.40. The van der Waals surface area contributed by atoms with Crippen LogP contribution in [0.1, 0.15) is 51.0 Å². The van der Waals surface area contributed by atoms with E-state index < -0.39 is 0 Å². The van der Waals surface area contributed by atoms with Crippen molar-refractivity contribution < 1.29 is 14.3 Å². The summed E-state index contributed by atoms with van der Waals surface area (Å²) >= 11 is 0. The number of benzene rings is 1. The lowest BCUT2D eigenvalue weighted by atomic mass is 9.87. The van der Waals surface area contributed by atoms with E-state index in [2.05, 4.69) is 20.9 Å². The highest BCUT2D eigenvalue weighted by Gasteiger charge is 2.16. The van der Waals surface area contributed by atoms with E-state index in [9.17, 15) is 4.79 Å². The van der Waals surface area contributed by atoms with Gasteiger partial charge in [-0.25, -0.2) is 0 Å². The van der Waals surface area contributed by atoms with Gasteiger partial charge in [0, 0.05) is 32.6 Å². The van der Waals surface area contributed by atoms with Crippen LogP contribution in [0, 0.1) is 5.92 Å². The average molecular weight is 419 g/mol. The summed E-state index contributed by atoms with van der Waals surface area (Å²) in [6.07, 6.45) is 7.72. The molecular formula is C23H38N4O3. The minimum atomic E-state index is 0.166. The summed E-state index contributed by atoms with van der Waals surface area (Å²) in [6, 6.07) is 5.92. The Kier molecular flexibility index (Phi) is 10.9. The van der Waals surface area contributed by atoms with Gasteiger partial charge in [0.2, 0.25) is 5.91 Å². The molecule has 0 spiro atoms. The third-order valence-corrected chi connectivity index (χ3v) is 5.40. The van der Waals surface area contributed by atoms with Crippen molar-refractivity contribution in [3.63, 3.8) is 0 Å². The fourth-order valence-electron chi connectivity index (χ4n) is 3.78. The molecule has 0 saturated heterocycles. The van der Waals surface area contributed by atoms with Gasteiger partial charge in [-0.05, 0) is 49.8 Å². The lowest BCUT2D eigenvalue weighted by molar-refractivity contribution is -0.122. The molecule has 1 aromatic rings. The Labute approximate surface area is 181 Å². The predicted octanol–water partition coefficient (Wildman–Crippen LogP) is 2.89. The Morgan fingerprint density at radius 2 is 1.77 bits per heavy atom. The molecular weight excluding hydrogens is 380 g/mol. The molecule has 7 nitrogen and oxygen atoms in total. The van der Waals surface area contributed by atoms with Crippen molar-refractivity contribution in [2.75, 3.05) is 40.4 Å². The van der Waals surface area contributed by atoms with Gasteiger partial charge >= 0.3 is 0 Å². The summed E-state index contributed by atoms with van der Waals surface area (Å²) in [6.45, 7) is 4.73. The Bertz CT molecular complexity index is 672. The van der Waals surface area contributed by atoms with Crippen molar-refractivity contribution in [1.29, 1.82) is 0 Å². The molecule has 1 saturated carbocycles. The number of ether oxygens (including phenoxy) is 2. The van der Waals surface area contributed by atoms with Crippen LogP contribution in [0.4, 0.5) is 0 Å². The van der Waals surface area contributed by atoms with Crippen molar-refractivity contribution in [2.24, 2.45) is 10.9 Å². The molecule has 0 heterocycles. The van der Waals surface area contributed by atoms with E-state index in [1.54, 1.807) is 14.2 Å². The minimum Gasteiger partial charge on any atom is -0.493 e. The highest BCUT2D eigenvalue weighted by Crippen LogP contribution is 2.27. The summed E-state index contributed by atoms with van der Waals surface area (Å²) in [7, 11) is 3.27. The molecule has 1 fully saturated rings. The minimum absolute atomic E-state index is 0.166. The lowest BCUT2D eigenvalue weighted by Gasteiger charge is -2.20. The van der Waals surface area contributed by atoms with Crippen molar-refractivity contribution in [1.82, 2.24) is 16.0 Å². The number of guanidine groups is 1. The molecule has 0 atom stereocenters. The zero-order valence-electron chi connectivity index (χ0n) is 18.8. The second-order valence-electron chi connectivity index (χ2n) is 7.68. The Hall–Kier alpha value is -2.44. The van der Waals surface area contributed by atoms with Crippen LogP contribution in [0.5, 0.6) is 11.5 Å². The third kappa shape index (κ3) is 8.51. The smallest absolute Gasteiger partial charge is 0.220 e. The number of hydrogen-bond acceptors (Lipinski definition) is 4. The average Bonchev–Trinajstić information content (AvgIpc) is 2.77. The molecule has 1 amide bonds. The SMILES string of the molecule is CCNC(=NCCc1ccc(OC)c(OC)c1)NCCNC(=O)CC1CCCCC1. The number of aliphatic imine (C=N–C) groups is 1. The molecule has 0 aliphatic heterocycles. The fourth-order valence-corrected chi connectivity index (χ4v) is 3.78. The molecule has 1 aromatic carbocycles. The molecule has 2 rings (SSSR count). The number of carbonyl (C=O) groups is 1. The maximum absolute atomic E-state index is 12.1. The van der Waals surface area contributed by atoms with Gasteiger partial charge in [-0.1, -0.05) is 25.3 Å². The Balaban J connectivity index is 1.71. The molecule has 1 aliphatic rings. The van der Waals surface area contributed by atoms with Gasteiger partial charge in [-0.3, -0.25) is 9.79 Å². The number of methoxy groups -OCH3 is 2. The summed E-state index contributed by atoms with van der Waals surface area (Å²) in [5.74, 6) is 2.96. The molecule has 0 unspecified atom stereocenters. The maximum atomic E-state index is 12.1. The summed E-state index contributed by atoms with van der Waals surface area (Å²) in [5.41, 5.74) is 1.14. The van der Waals surface area contributed by atoms with E-state index in [4.69, 9.17) is 9.47 Å². The molecule has 1 aliphatic carbocycles. The zero-order chi connectivity index (χ0) is 21.6. The molecule has 0 aromatic heterocycles. The number of carbonyl (C=O) groups excluding carboxylic acids is 1. The molecule has 168 valence electrons. The van der Waals surface area contributed by atoms with E-state index >= 15 is 0 Å². The lowest BCUT2D eigenvalue weighted by Crippen LogP contribution is -2.41. The Morgan fingerprint density at radius 3 is 2.47 bits per heavy atom. The number of nitrogens with zero attached hydrogens (tertiary/aromatic N) is 1. The van der Waals surface area contributed by atoms with E-state index in [0.29, 0.717) is 32.0 Å².